The molecule has 3 rings (SSSR count). The Balaban J connectivity index is 1.67. The van der Waals surface area contributed by atoms with Crippen LogP contribution >= 0.6 is 0 Å². The summed E-state index contributed by atoms with van der Waals surface area (Å²) in [5.74, 6) is -0.0449. The Morgan fingerprint density at radius 1 is 1.03 bits per heavy atom. The van der Waals surface area contributed by atoms with Gasteiger partial charge in [0.15, 0.2) is 0 Å². The molecule has 36 heavy (non-hydrogen) atoms. The van der Waals surface area contributed by atoms with Gasteiger partial charge in [-0.2, -0.15) is 4.31 Å². The number of ether oxygens (including phenoxy) is 2. The van der Waals surface area contributed by atoms with Crippen LogP contribution < -0.4 is 15.4 Å². The molecule has 0 unspecified atom stereocenters. The summed E-state index contributed by atoms with van der Waals surface area (Å²) < 4.78 is 38.1. The predicted molar refractivity (Wildman–Crippen MR) is 138 cm³/mol. The number of hydrogen-bond donors (Lipinski definition) is 2. The number of carbonyl (C=O) groups is 2. The largest absolute Gasteiger partial charge is 0.496 e. The van der Waals surface area contributed by atoms with Gasteiger partial charge in [0.1, 0.15) is 5.75 Å². The third-order valence-electron chi connectivity index (χ3n) is 6.08. The van der Waals surface area contributed by atoms with Crippen molar-refractivity contribution in [2.75, 3.05) is 45.8 Å². The van der Waals surface area contributed by atoms with Crippen molar-refractivity contribution in [3.63, 3.8) is 0 Å². The average molecular weight is 518 g/mol. The second-order valence-electron chi connectivity index (χ2n) is 8.63. The summed E-state index contributed by atoms with van der Waals surface area (Å²) in [6.07, 6.45) is 3.81. The number of anilines is 1. The van der Waals surface area contributed by atoms with Crippen LogP contribution in [0.4, 0.5) is 5.69 Å². The molecule has 2 aromatic carbocycles. The highest BCUT2D eigenvalue weighted by atomic mass is 32.2. The number of piperidine rings is 1. The van der Waals surface area contributed by atoms with Crippen molar-refractivity contribution >= 4 is 27.5 Å². The fraction of sp³-hybridized carbons (Fsp3) is 0.462. The van der Waals surface area contributed by atoms with Crippen LogP contribution in [0.25, 0.3) is 0 Å². The molecule has 2 amide bonds. The Morgan fingerprint density at radius 3 is 2.50 bits per heavy atom. The standard InChI is InChI=1S/C26H35N3O6S/c1-34-18-8-15-27-26(31)22-9-4-5-10-23(22)28-25(30)14-11-20-19-21(12-13-24(20)35-2)36(32,33)29-16-6-3-7-17-29/h4-5,9-10,12-13,19H,3,6-8,11,14-18H2,1-2H3,(H,27,31)(H,28,30). The van der Waals surface area contributed by atoms with E-state index in [9.17, 15) is 18.0 Å². The fourth-order valence-electron chi connectivity index (χ4n) is 4.13. The monoisotopic (exact) mass is 517 g/mol. The molecule has 0 saturated carbocycles. The molecule has 10 heteroatoms. The van der Waals surface area contributed by atoms with E-state index in [0.717, 1.165) is 19.3 Å². The molecule has 9 nitrogen and oxygen atoms in total. The minimum atomic E-state index is -3.60. The Bertz CT molecular complexity index is 1150. The van der Waals surface area contributed by atoms with Gasteiger partial charge >= 0.3 is 0 Å². The summed E-state index contributed by atoms with van der Waals surface area (Å²) in [4.78, 5) is 25.5. The lowest BCUT2D eigenvalue weighted by atomic mass is 10.1. The molecule has 196 valence electrons. The molecule has 0 bridgehead atoms. The number of nitrogens with one attached hydrogen (secondary N) is 2. The summed E-state index contributed by atoms with van der Waals surface area (Å²) in [6.45, 7) is 2.05. The van der Waals surface area contributed by atoms with Crippen molar-refractivity contribution in [3.05, 3.63) is 53.6 Å². The lowest BCUT2D eigenvalue weighted by Gasteiger charge is -2.26. The highest BCUT2D eigenvalue weighted by Gasteiger charge is 2.26. The number of carbonyl (C=O) groups excluding carboxylic acids is 2. The van der Waals surface area contributed by atoms with E-state index in [-0.39, 0.29) is 29.6 Å². The predicted octanol–water partition coefficient (Wildman–Crippen LogP) is 3.21. The van der Waals surface area contributed by atoms with Gasteiger partial charge in [0.2, 0.25) is 15.9 Å². The number of amides is 2. The Hall–Kier alpha value is -2.95. The molecule has 0 radical (unpaired) electrons. The number of para-hydroxylation sites is 1. The lowest BCUT2D eigenvalue weighted by Crippen LogP contribution is -2.35. The molecular formula is C26H35N3O6S. The quantitative estimate of drug-likeness (QED) is 0.418. The maximum absolute atomic E-state index is 13.1. The minimum absolute atomic E-state index is 0.0906. The highest BCUT2D eigenvalue weighted by Crippen LogP contribution is 2.27. The van der Waals surface area contributed by atoms with E-state index in [2.05, 4.69) is 10.6 Å². The number of rotatable bonds is 12. The minimum Gasteiger partial charge on any atom is -0.496 e. The molecule has 2 aromatic rings. The summed E-state index contributed by atoms with van der Waals surface area (Å²) in [5, 5.41) is 5.63. The molecule has 0 aromatic heterocycles. The van der Waals surface area contributed by atoms with Crippen LogP contribution in [0, 0.1) is 0 Å². The Labute approximate surface area is 213 Å². The SMILES string of the molecule is COCCCNC(=O)c1ccccc1NC(=O)CCc1cc(S(=O)(=O)N2CCCCC2)ccc1OC. The number of hydrogen-bond acceptors (Lipinski definition) is 6. The second kappa shape index (κ2) is 13.4. The molecule has 1 aliphatic heterocycles. The van der Waals surface area contributed by atoms with Gasteiger partial charge in [-0.1, -0.05) is 18.6 Å². The van der Waals surface area contributed by atoms with Crippen molar-refractivity contribution in [2.45, 2.75) is 43.4 Å². The van der Waals surface area contributed by atoms with Crippen molar-refractivity contribution in [1.82, 2.24) is 9.62 Å². The lowest BCUT2D eigenvalue weighted by molar-refractivity contribution is -0.116. The molecule has 0 atom stereocenters. The molecule has 1 aliphatic rings. The molecule has 0 aliphatic carbocycles. The van der Waals surface area contributed by atoms with E-state index >= 15 is 0 Å². The van der Waals surface area contributed by atoms with E-state index in [1.54, 1.807) is 49.6 Å². The molecule has 1 fully saturated rings. The van der Waals surface area contributed by atoms with Gasteiger partial charge in [0, 0.05) is 39.8 Å². The van der Waals surface area contributed by atoms with Gasteiger partial charge in [-0.15, -0.1) is 0 Å². The third kappa shape index (κ3) is 7.28. The topological polar surface area (TPSA) is 114 Å². The van der Waals surface area contributed by atoms with Crippen molar-refractivity contribution in [3.8, 4) is 5.75 Å². The van der Waals surface area contributed by atoms with Crippen molar-refractivity contribution < 1.29 is 27.5 Å². The van der Waals surface area contributed by atoms with Gasteiger partial charge in [-0.25, -0.2) is 8.42 Å². The first-order valence-corrected chi connectivity index (χ1v) is 13.6. The van der Waals surface area contributed by atoms with Crippen LogP contribution in [0.1, 0.15) is 48.0 Å². The maximum atomic E-state index is 13.1. The van der Waals surface area contributed by atoms with Gasteiger partial charge in [0.25, 0.3) is 5.91 Å². The van der Waals surface area contributed by atoms with Crippen LogP contribution in [-0.4, -0.2) is 65.0 Å². The van der Waals surface area contributed by atoms with Gasteiger partial charge in [-0.3, -0.25) is 9.59 Å². The van der Waals surface area contributed by atoms with Gasteiger partial charge < -0.3 is 20.1 Å². The van der Waals surface area contributed by atoms with Crippen LogP contribution in [0.2, 0.25) is 0 Å². The molecule has 1 heterocycles. The number of sulfonamides is 1. The Morgan fingerprint density at radius 2 is 1.78 bits per heavy atom. The van der Waals surface area contributed by atoms with Crippen LogP contribution in [0.3, 0.4) is 0 Å². The first-order valence-electron chi connectivity index (χ1n) is 12.2. The van der Waals surface area contributed by atoms with E-state index < -0.39 is 10.0 Å². The van der Waals surface area contributed by atoms with E-state index in [0.29, 0.717) is 55.2 Å². The first kappa shape index (κ1) is 27.6. The zero-order chi connectivity index (χ0) is 26.0. The highest BCUT2D eigenvalue weighted by molar-refractivity contribution is 7.89. The van der Waals surface area contributed by atoms with E-state index in [1.165, 1.54) is 11.4 Å². The maximum Gasteiger partial charge on any atom is 0.253 e. The van der Waals surface area contributed by atoms with Crippen LogP contribution in [-0.2, 0) is 26.0 Å². The number of methoxy groups -OCH3 is 2. The van der Waals surface area contributed by atoms with Crippen LogP contribution in [0.15, 0.2) is 47.4 Å². The summed E-state index contributed by atoms with van der Waals surface area (Å²) in [6, 6.07) is 11.6. The van der Waals surface area contributed by atoms with Gasteiger partial charge in [-0.05, 0) is 61.6 Å². The Kier molecular flexibility index (Phi) is 10.3. The average Bonchev–Trinajstić information content (AvgIpc) is 2.90. The number of benzene rings is 2. The zero-order valence-corrected chi connectivity index (χ0v) is 21.7. The second-order valence-corrected chi connectivity index (χ2v) is 10.6. The third-order valence-corrected chi connectivity index (χ3v) is 7.98. The fourth-order valence-corrected chi connectivity index (χ4v) is 5.70. The number of aryl methyl sites for hydroxylation is 1. The summed E-state index contributed by atoms with van der Waals surface area (Å²) in [5.41, 5.74) is 1.42. The molecule has 0 spiro atoms. The molecular weight excluding hydrogens is 482 g/mol. The first-order chi connectivity index (χ1) is 17.4. The smallest absolute Gasteiger partial charge is 0.253 e. The van der Waals surface area contributed by atoms with E-state index in [1.807, 2.05) is 0 Å². The van der Waals surface area contributed by atoms with E-state index in [4.69, 9.17) is 9.47 Å². The van der Waals surface area contributed by atoms with Crippen molar-refractivity contribution in [1.29, 1.82) is 0 Å². The van der Waals surface area contributed by atoms with Crippen LogP contribution in [0.5, 0.6) is 5.75 Å². The number of nitrogens with zero attached hydrogens (tertiary/aromatic N) is 1. The zero-order valence-electron chi connectivity index (χ0n) is 20.9. The molecule has 1 saturated heterocycles. The summed E-state index contributed by atoms with van der Waals surface area (Å²) >= 11 is 0. The summed E-state index contributed by atoms with van der Waals surface area (Å²) in [7, 11) is -0.482. The van der Waals surface area contributed by atoms with Gasteiger partial charge in [0.05, 0.1) is 23.3 Å². The molecule has 2 N–H and O–H groups in total. The normalized spacial score (nSPS) is 14.3. The van der Waals surface area contributed by atoms with Crippen molar-refractivity contribution in [2.24, 2.45) is 0 Å².